The number of nitrogens with zero attached hydrogens (tertiary/aromatic N) is 1. The molecule has 1 heterocycles. The molecule has 2 rings (SSSR count). The molecular weight excluding hydrogens is 287 g/mol. The minimum atomic E-state index is -0.215. The summed E-state index contributed by atoms with van der Waals surface area (Å²) in [5.41, 5.74) is 0.678. The third-order valence-corrected chi connectivity index (χ3v) is 5.29. The molecule has 0 saturated carbocycles. The van der Waals surface area contributed by atoms with Crippen LogP contribution in [0.2, 0.25) is 5.02 Å². The van der Waals surface area contributed by atoms with E-state index in [1.165, 1.54) is 18.9 Å². The first-order valence-corrected chi connectivity index (χ1v) is 8.34. The van der Waals surface area contributed by atoms with Gasteiger partial charge in [0.25, 0.3) is 0 Å². The van der Waals surface area contributed by atoms with Crippen molar-refractivity contribution in [1.29, 1.82) is 0 Å². The van der Waals surface area contributed by atoms with Crippen LogP contribution in [0.4, 0.5) is 4.39 Å². The molecule has 0 radical (unpaired) electrons. The zero-order valence-corrected chi connectivity index (χ0v) is 14.0. The van der Waals surface area contributed by atoms with Gasteiger partial charge < -0.3 is 5.32 Å². The Morgan fingerprint density at radius 1 is 1.29 bits per heavy atom. The largest absolute Gasteiger partial charge is 0.311 e. The molecule has 118 valence electrons. The van der Waals surface area contributed by atoms with Crippen molar-refractivity contribution in [3.8, 4) is 0 Å². The van der Waals surface area contributed by atoms with Crippen molar-refractivity contribution in [1.82, 2.24) is 10.2 Å². The monoisotopic (exact) mass is 312 g/mol. The predicted molar refractivity (Wildman–Crippen MR) is 87.3 cm³/mol. The van der Waals surface area contributed by atoms with Crippen molar-refractivity contribution < 1.29 is 4.39 Å². The lowest BCUT2D eigenvalue weighted by Crippen LogP contribution is -2.54. The van der Waals surface area contributed by atoms with Crippen LogP contribution in [0.25, 0.3) is 0 Å². The summed E-state index contributed by atoms with van der Waals surface area (Å²) >= 11 is 5.90. The third-order valence-electron chi connectivity index (χ3n) is 5.06. The molecule has 0 spiro atoms. The van der Waals surface area contributed by atoms with Crippen molar-refractivity contribution in [3.05, 3.63) is 34.6 Å². The summed E-state index contributed by atoms with van der Waals surface area (Å²) in [5.74, 6) is -0.215. The maximum Gasteiger partial charge on any atom is 0.129 e. The lowest BCUT2D eigenvalue weighted by atomic mass is 9.79. The highest BCUT2D eigenvalue weighted by Crippen LogP contribution is 2.40. The molecule has 1 aliphatic rings. The van der Waals surface area contributed by atoms with Crippen LogP contribution in [0, 0.1) is 5.82 Å². The zero-order valence-electron chi connectivity index (χ0n) is 13.3. The smallest absolute Gasteiger partial charge is 0.129 e. The molecule has 1 N–H and O–H groups in total. The van der Waals surface area contributed by atoms with Gasteiger partial charge in [0, 0.05) is 16.1 Å². The highest BCUT2D eigenvalue weighted by Gasteiger charge is 2.43. The number of likely N-dealkylation sites (tertiary alicyclic amines) is 1. The minimum absolute atomic E-state index is 0.0251. The number of rotatable bonds is 6. The Morgan fingerprint density at radius 2 is 1.90 bits per heavy atom. The molecule has 0 bridgehead atoms. The molecule has 1 saturated heterocycles. The van der Waals surface area contributed by atoms with Crippen molar-refractivity contribution in [2.75, 3.05) is 20.1 Å². The van der Waals surface area contributed by atoms with Crippen LogP contribution < -0.4 is 5.32 Å². The standard InChI is InChI=1S/C17H26ClFN2/c1-4-17(5-2,21-10-6-7-11-21)16(20-3)14-9-8-13(18)12-15(14)19/h8-9,12,16,20H,4-7,10-11H2,1-3H3. The van der Waals surface area contributed by atoms with E-state index in [0.717, 1.165) is 31.5 Å². The van der Waals surface area contributed by atoms with Crippen molar-refractivity contribution in [2.45, 2.75) is 51.1 Å². The van der Waals surface area contributed by atoms with Crippen LogP contribution in [-0.4, -0.2) is 30.6 Å². The fourth-order valence-electron chi connectivity index (χ4n) is 3.90. The molecule has 0 aliphatic carbocycles. The van der Waals surface area contributed by atoms with Crippen LogP contribution >= 0.6 is 11.6 Å². The quantitative estimate of drug-likeness (QED) is 0.838. The van der Waals surface area contributed by atoms with E-state index in [9.17, 15) is 4.39 Å². The molecule has 1 atom stereocenters. The first kappa shape index (κ1) is 16.7. The molecule has 2 nitrogen and oxygen atoms in total. The maximum atomic E-state index is 14.4. The highest BCUT2D eigenvalue weighted by molar-refractivity contribution is 6.30. The Morgan fingerprint density at radius 3 is 2.38 bits per heavy atom. The lowest BCUT2D eigenvalue weighted by Gasteiger charge is -2.47. The zero-order chi connectivity index (χ0) is 15.5. The van der Waals surface area contributed by atoms with Gasteiger partial charge >= 0.3 is 0 Å². The van der Waals surface area contributed by atoms with E-state index in [1.54, 1.807) is 6.07 Å². The number of nitrogens with one attached hydrogen (secondary N) is 1. The molecule has 0 amide bonds. The number of benzene rings is 1. The van der Waals surface area contributed by atoms with Gasteiger partial charge in [0.2, 0.25) is 0 Å². The van der Waals surface area contributed by atoms with Gasteiger partial charge in [-0.2, -0.15) is 0 Å². The molecule has 1 unspecified atom stereocenters. The first-order chi connectivity index (χ1) is 10.1. The van der Waals surface area contributed by atoms with Gasteiger partial charge in [-0.25, -0.2) is 4.39 Å². The second-order valence-corrected chi connectivity index (χ2v) is 6.33. The van der Waals surface area contributed by atoms with Gasteiger partial charge in [0.1, 0.15) is 5.82 Å². The van der Waals surface area contributed by atoms with Gasteiger partial charge in [-0.3, -0.25) is 4.90 Å². The Kier molecular flexibility index (Phi) is 5.64. The van der Waals surface area contributed by atoms with Crippen LogP contribution in [0.3, 0.4) is 0 Å². The van der Waals surface area contributed by atoms with Gasteiger partial charge in [0.05, 0.1) is 6.04 Å². The van der Waals surface area contributed by atoms with Crippen LogP contribution in [0.1, 0.15) is 51.1 Å². The summed E-state index contributed by atoms with van der Waals surface area (Å²) in [6.07, 6.45) is 4.47. The molecule has 1 fully saturated rings. The molecule has 1 aliphatic heterocycles. The van der Waals surface area contributed by atoms with E-state index in [2.05, 4.69) is 24.1 Å². The van der Waals surface area contributed by atoms with Crippen molar-refractivity contribution in [2.24, 2.45) is 0 Å². The van der Waals surface area contributed by atoms with Gasteiger partial charge in [-0.15, -0.1) is 0 Å². The molecule has 0 aromatic heterocycles. The lowest BCUT2D eigenvalue weighted by molar-refractivity contribution is 0.0633. The third kappa shape index (κ3) is 3.10. The van der Waals surface area contributed by atoms with Gasteiger partial charge in [-0.05, 0) is 58.0 Å². The second kappa shape index (κ2) is 7.08. The molecule has 21 heavy (non-hydrogen) atoms. The van der Waals surface area contributed by atoms with E-state index in [4.69, 9.17) is 11.6 Å². The van der Waals surface area contributed by atoms with Crippen molar-refractivity contribution >= 4 is 11.6 Å². The molecule has 1 aromatic carbocycles. The number of hydrogen-bond donors (Lipinski definition) is 1. The normalized spacial score (nSPS) is 18.1. The fourth-order valence-corrected chi connectivity index (χ4v) is 4.06. The van der Waals surface area contributed by atoms with E-state index >= 15 is 0 Å². The highest BCUT2D eigenvalue weighted by atomic mass is 35.5. The molecule has 1 aromatic rings. The summed E-state index contributed by atoms with van der Waals surface area (Å²) < 4.78 is 14.4. The van der Waals surface area contributed by atoms with Gasteiger partial charge in [0.15, 0.2) is 0 Å². The van der Waals surface area contributed by atoms with Crippen LogP contribution in [-0.2, 0) is 0 Å². The number of halogens is 2. The number of hydrogen-bond acceptors (Lipinski definition) is 2. The van der Waals surface area contributed by atoms with Crippen LogP contribution in [0.5, 0.6) is 0 Å². The summed E-state index contributed by atoms with van der Waals surface area (Å²) in [7, 11) is 1.93. The Labute approximate surface area is 132 Å². The Hall–Kier alpha value is -0.640. The SMILES string of the molecule is CCC(CC)(C(NC)c1ccc(Cl)cc1F)N1CCCC1. The predicted octanol–water partition coefficient (Wildman–Crippen LogP) is 4.39. The summed E-state index contributed by atoms with van der Waals surface area (Å²) in [6.45, 7) is 6.63. The fraction of sp³-hybridized carbons (Fsp3) is 0.647. The number of likely N-dealkylation sites (N-methyl/N-ethyl adjacent to an activating group) is 1. The van der Waals surface area contributed by atoms with E-state index in [-0.39, 0.29) is 17.4 Å². The summed E-state index contributed by atoms with van der Waals surface area (Å²) in [4.78, 5) is 2.54. The maximum absolute atomic E-state index is 14.4. The topological polar surface area (TPSA) is 15.3 Å². The molecule has 4 heteroatoms. The first-order valence-electron chi connectivity index (χ1n) is 7.96. The van der Waals surface area contributed by atoms with E-state index < -0.39 is 0 Å². The average molecular weight is 313 g/mol. The van der Waals surface area contributed by atoms with Crippen LogP contribution in [0.15, 0.2) is 18.2 Å². The van der Waals surface area contributed by atoms with Gasteiger partial charge in [-0.1, -0.05) is 31.5 Å². The van der Waals surface area contributed by atoms with E-state index in [1.807, 2.05) is 13.1 Å². The van der Waals surface area contributed by atoms with Crippen molar-refractivity contribution in [3.63, 3.8) is 0 Å². The Bertz CT molecular complexity index is 468. The van der Waals surface area contributed by atoms with E-state index in [0.29, 0.717) is 5.02 Å². The molecular formula is C17H26ClFN2. The summed E-state index contributed by atoms with van der Waals surface area (Å²) in [6, 6.07) is 5.00. The average Bonchev–Trinajstić information content (AvgIpc) is 3.01. The Balaban J connectivity index is 2.44. The minimum Gasteiger partial charge on any atom is -0.311 e. The summed E-state index contributed by atoms with van der Waals surface area (Å²) in [5, 5.41) is 3.82. The second-order valence-electron chi connectivity index (χ2n) is 5.89.